The van der Waals surface area contributed by atoms with Crippen LogP contribution in [0.2, 0.25) is 0 Å². The van der Waals surface area contributed by atoms with Gasteiger partial charge >= 0.3 is 0 Å². The molecule has 1 unspecified atom stereocenters. The SMILES string of the molecule is CC(C#N)CN(C)c1ccc(Br)cc1N. The molecule has 0 saturated heterocycles. The third-order valence-electron chi connectivity index (χ3n) is 2.17. The van der Waals surface area contributed by atoms with Gasteiger partial charge in [-0.3, -0.25) is 0 Å². The van der Waals surface area contributed by atoms with Crippen LogP contribution in [0.25, 0.3) is 0 Å². The first-order valence-corrected chi connectivity index (χ1v) is 5.49. The number of nitrogens with zero attached hydrogens (tertiary/aromatic N) is 2. The third kappa shape index (κ3) is 3.14. The Hall–Kier alpha value is -1.21. The number of nitriles is 1. The summed E-state index contributed by atoms with van der Waals surface area (Å²) in [5.74, 6) is -0.00181. The van der Waals surface area contributed by atoms with Gasteiger partial charge in [0.05, 0.1) is 23.4 Å². The zero-order valence-electron chi connectivity index (χ0n) is 8.87. The highest BCUT2D eigenvalue weighted by Gasteiger charge is 2.08. The standard InChI is InChI=1S/C11H14BrN3/c1-8(6-13)7-15(2)11-4-3-9(12)5-10(11)14/h3-5,8H,7,14H2,1-2H3. The predicted octanol–water partition coefficient (Wildman–Crippen LogP) is 2.63. The average molecular weight is 268 g/mol. The monoisotopic (exact) mass is 267 g/mol. The summed E-state index contributed by atoms with van der Waals surface area (Å²) >= 11 is 3.36. The zero-order valence-corrected chi connectivity index (χ0v) is 10.5. The van der Waals surface area contributed by atoms with Gasteiger partial charge < -0.3 is 10.6 Å². The van der Waals surface area contributed by atoms with Crippen molar-refractivity contribution in [3.8, 4) is 6.07 Å². The van der Waals surface area contributed by atoms with E-state index in [1.807, 2.05) is 37.1 Å². The molecular weight excluding hydrogens is 254 g/mol. The van der Waals surface area contributed by atoms with Crippen molar-refractivity contribution in [2.24, 2.45) is 5.92 Å². The number of halogens is 1. The lowest BCUT2D eigenvalue weighted by molar-refractivity contribution is 0.717. The molecule has 15 heavy (non-hydrogen) atoms. The summed E-state index contributed by atoms with van der Waals surface area (Å²) in [5, 5.41) is 8.73. The molecule has 1 aromatic rings. The molecule has 0 saturated carbocycles. The fourth-order valence-corrected chi connectivity index (χ4v) is 1.80. The highest BCUT2D eigenvalue weighted by Crippen LogP contribution is 2.26. The van der Waals surface area contributed by atoms with Gasteiger partial charge in [0, 0.05) is 18.1 Å². The van der Waals surface area contributed by atoms with E-state index in [2.05, 4.69) is 22.0 Å². The van der Waals surface area contributed by atoms with Crippen molar-refractivity contribution in [2.75, 3.05) is 24.2 Å². The number of rotatable bonds is 3. The van der Waals surface area contributed by atoms with Crippen molar-refractivity contribution in [1.29, 1.82) is 5.26 Å². The fraction of sp³-hybridized carbons (Fsp3) is 0.364. The highest BCUT2D eigenvalue weighted by atomic mass is 79.9. The van der Waals surface area contributed by atoms with Crippen molar-refractivity contribution in [1.82, 2.24) is 0 Å². The van der Waals surface area contributed by atoms with E-state index < -0.39 is 0 Å². The maximum Gasteiger partial charge on any atom is 0.0671 e. The summed E-state index contributed by atoms with van der Waals surface area (Å²) in [7, 11) is 1.94. The molecule has 1 rings (SSSR count). The van der Waals surface area contributed by atoms with E-state index in [0.29, 0.717) is 6.54 Å². The van der Waals surface area contributed by atoms with Crippen LogP contribution in [0.1, 0.15) is 6.92 Å². The lowest BCUT2D eigenvalue weighted by atomic mass is 10.2. The Kier molecular flexibility index (Phi) is 3.98. The number of nitrogen functional groups attached to an aromatic ring is 1. The van der Waals surface area contributed by atoms with Gasteiger partial charge in [-0.25, -0.2) is 0 Å². The van der Waals surface area contributed by atoms with E-state index in [1.165, 1.54) is 0 Å². The van der Waals surface area contributed by atoms with Gasteiger partial charge in [0.15, 0.2) is 0 Å². The minimum Gasteiger partial charge on any atom is -0.397 e. The van der Waals surface area contributed by atoms with Gasteiger partial charge in [-0.2, -0.15) is 5.26 Å². The van der Waals surface area contributed by atoms with Crippen molar-refractivity contribution < 1.29 is 0 Å². The third-order valence-corrected chi connectivity index (χ3v) is 2.66. The molecule has 0 heterocycles. The van der Waals surface area contributed by atoms with Crippen LogP contribution >= 0.6 is 15.9 Å². The minimum absolute atomic E-state index is 0.00181. The van der Waals surface area contributed by atoms with E-state index in [0.717, 1.165) is 15.8 Å². The molecule has 2 N–H and O–H groups in total. The van der Waals surface area contributed by atoms with Crippen molar-refractivity contribution in [2.45, 2.75) is 6.92 Å². The molecule has 80 valence electrons. The van der Waals surface area contributed by atoms with Crippen LogP contribution in [0.3, 0.4) is 0 Å². The number of hydrogen-bond acceptors (Lipinski definition) is 3. The molecule has 0 spiro atoms. The van der Waals surface area contributed by atoms with Gasteiger partial charge in [-0.15, -0.1) is 0 Å². The van der Waals surface area contributed by atoms with E-state index in [-0.39, 0.29) is 5.92 Å². The van der Waals surface area contributed by atoms with Crippen molar-refractivity contribution in [3.63, 3.8) is 0 Å². The molecule has 3 nitrogen and oxygen atoms in total. The fourth-order valence-electron chi connectivity index (χ4n) is 1.42. The summed E-state index contributed by atoms with van der Waals surface area (Å²) in [4.78, 5) is 2.00. The highest BCUT2D eigenvalue weighted by molar-refractivity contribution is 9.10. The Morgan fingerprint density at radius 3 is 2.80 bits per heavy atom. The van der Waals surface area contributed by atoms with Crippen LogP contribution in [0.5, 0.6) is 0 Å². The second-order valence-electron chi connectivity index (χ2n) is 3.61. The molecular formula is C11H14BrN3. The minimum atomic E-state index is -0.00181. The lowest BCUT2D eigenvalue weighted by Gasteiger charge is -2.22. The van der Waals surface area contributed by atoms with Crippen LogP contribution < -0.4 is 10.6 Å². The second-order valence-corrected chi connectivity index (χ2v) is 4.53. The second kappa shape index (κ2) is 5.04. The molecule has 0 aliphatic rings. The number of benzene rings is 1. The molecule has 1 atom stereocenters. The number of anilines is 2. The summed E-state index contributed by atoms with van der Waals surface area (Å²) in [5.41, 5.74) is 7.56. The van der Waals surface area contributed by atoms with Crippen LogP contribution in [-0.4, -0.2) is 13.6 Å². The molecule has 1 aromatic carbocycles. The van der Waals surface area contributed by atoms with Gasteiger partial charge in [0.2, 0.25) is 0 Å². The van der Waals surface area contributed by atoms with Crippen LogP contribution in [-0.2, 0) is 0 Å². The van der Waals surface area contributed by atoms with Gasteiger partial charge in [0.1, 0.15) is 0 Å². The first-order valence-electron chi connectivity index (χ1n) is 4.70. The topological polar surface area (TPSA) is 53.0 Å². The first kappa shape index (κ1) is 11.9. The largest absolute Gasteiger partial charge is 0.397 e. The summed E-state index contributed by atoms with van der Waals surface area (Å²) in [6, 6.07) is 7.96. The Labute approximate surface area is 98.6 Å². The van der Waals surface area contributed by atoms with Gasteiger partial charge in [0.25, 0.3) is 0 Å². The van der Waals surface area contributed by atoms with E-state index in [4.69, 9.17) is 11.0 Å². The summed E-state index contributed by atoms with van der Waals surface area (Å²) < 4.78 is 0.963. The average Bonchev–Trinajstić information content (AvgIpc) is 2.17. The molecule has 0 aromatic heterocycles. The summed E-state index contributed by atoms with van der Waals surface area (Å²) in [6.07, 6.45) is 0. The lowest BCUT2D eigenvalue weighted by Crippen LogP contribution is -2.23. The number of hydrogen-bond donors (Lipinski definition) is 1. The Morgan fingerprint density at radius 1 is 1.60 bits per heavy atom. The molecule has 0 aliphatic carbocycles. The maximum atomic E-state index is 8.73. The number of nitrogens with two attached hydrogens (primary N) is 1. The van der Waals surface area contributed by atoms with E-state index in [9.17, 15) is 0 Å². The van der Waals surface area contributed by atoms with Gasteiger partial charge in [-0.1, -0.05) is 15.9 Å². The molecule has 0 aliphatic heterocycles. The molecule has 0 radical (unpaired) electrons. The van der Waals surface area contributed by atoms with Crippen LogP contribution in [0, 0.1) is 17.2 Å². The molecule has 0 bridgehead atoms. The van der Waals surface area contributed by atoms with E-state index in [1.54, 1.807) is 0 Å². The smallest absolute Gasteiger partial charge is 0.0671 e. The Bertz CT molecular complexity index is 384. The zero-order chi connectivity index (χ0) is 11.4. The Morgan fingerprint density at radius 2 is 2.27 bits per heavy atom. The molecule has 4 heteroatoms. The van der Waals surface area contributed by atoms with Crippen LogP contribution in [0.4, 0.5) is 11.4 Å². The Balaban J connectivity index is 2.83. The van der Waals surface area contributed by atoms with Crippen molar-refractivity contribution in [3.05, 3.63) is 22.7 Å². The molecule has 0 fully saturated rings. The first-order chi connectivity index (χ1) is 7.04. The van der Waals surface area contributed by atoms with Crippen LogP contribution in [0.15, 0.2) is 22.7 Å². The predicted molar refractivity (Wildman–Crippen MR) is 66.6 cm³/mol. The summed E-state index contributed by atoms with van der Waals surface area (Å²) in [6.45, 7) is 2.58. The maximum absolute atomic E-state index is 8.73. The van der Waals surface area contributed by atoms with Crippen molar-refractivity contribution >= 4 is 27.3 Å². The quantitative estimate of drug-likeness (QED) is 0.857. The van der Waals surface area contributed by atoms with E-state index >= 15 is 0 Å². The molecule has 0 amide bonds. The normalized spacial score (nSPS) is 11.9. The van der Waals surface area contributed by atoms with Gasteiger partial charge in [-0.05, 0) is 25.1 Å².